The van der Waals surface area contributed by atoms with Crippen molar-refractivity contribution < 1.29 is 14.3 Å². The van der Waals surface area contributed by atoms with Crippen molar-refractivity contribution in [3.63, 3.8) is 0 Å². The Bertz CT molecular complexity index is 1290. The van der Waals surface area contributed by atoms with Gasteiger partial charge in [-0.15, -0.1) is 0 Å². The first-order valence-electron chi connectivity index (χ1n) is 13.4. The molecule has 1 atom stereocenters. The maximum absolute atomic E-state index is 13.8. The van der Waals surface area contributed by atoms with E-state index in [1.54, 1.807) is 14.2 Å². The lowest BCUT2D eigenvalue weighted by atomic mass is 9.82. The summed E-state index contributed by atoms with van der Waals surface area (Å²) in [5, 5.41) is 0. The van der Waals surface area contributed by atoms with Crippen molar-refractivity contribution >= 4 is 17.4 Å². The minimum atomic E-state index is -0.267. The number of aliphatic imine (C=N–C) groups is 1. The molecule has 2 amide bonds. The molecular formula is C30H36N4O3. The van der Waals surface area contributed by atoms with Gasteiger partial charge >= 0.3 is 6.03 Å². The lowest BCUT2D eigenvalue weighted by Gasteiger charge is -2.44. The number of likely N-dealkylation sites (N-methyl/N-ethyl adjacent to an activating group) is 1. The number of likely N-dealkylation sites (tertiary alicyclic amines) is 1. The Morgan fingerprint density at radius 3 is 2.57 bits per heavy atom. The number of piperidine rings is 1. The quantitative estimate of drug-likeness (QED) is 0.572. The first-order chi connectivity index (χ1) is 18.0. The second-order valence-corrected chi connectivity index (χ2v) is 10.6. The topological polar surface area (TPSA) is 57.6 Å². The van der Waals surface area contributed by atoms with E-state index in [1.165, 1.54) is 11.3 Å². The molecule has 4 aliphatic rings. The van der Waals surface area contributed by atoms with Gasteiger partial charge in [0.15, 0.2) is 0 Å². The van der Waals surface area contributed by atoms with E-state index in [2.05, 4.69) is 60.1 Å². The van der Waals surface area contributed by atoms with Gasteiger partial charge in [-0.05, 0) is 43.0 Å². The molecule has 4 aliphatic heterocycles. The first kappa shape index (κ1) is 24.0. The number of benzene rings is 2. The van der Waals surface area contributed by atoms with Gasteiger partial charge in [-0.1, -0.05) is 31.2 Å². The fourth-order valence-electron chi connectivity index (χ4n) is 6.89. The van der Waals surface area contributed by atoms with Gasteiger partial charge in [-0.2, -0.15) is 0 Å². The molecule has 2 saturated heterocycles. The number of carbonyl (C=O) groups is 1. The molecule has 37 heavy (non-hydrogen) atoms. The van der Waals surface area contributed by atoms with Gasteiger partial charge < -0.3 is 14.4 Å². The minimum Gasteiger partial charge on any atom is -0.497 e. The molecule has 0 aromatic heterocycles. The molecule has 2 aromatic rings. The Morgan fingerprint density at radius 2 is 1.86 bits per heavy atom. The first-order valence-corrected chi connectivity index (χ1v) is 13.4. The molecule has 2 aromatic carbocycles. The average Bonchev–Trinajstić information content (AvgIpc) is 3.35. The Balaban J connectivity index is 1.27. The number of urea groups is 1. The fourth-order valence-corrected chi connectivity index (χ4v) is 6.89. The van der Waals surface area contributed by atoms with E-state index in [4.69, 9.17) is 14.5 Å². The molecule has 6 rings (SSSR count). The summed E-state index contributed by atoms with van der Waals surface area (Å²) < 4.78 is 11.3. The fraction of sp³-hybridized carbons (Fsp3) is 0.467. The highest BCUT2D eigenvalue weighted by molar-refractivity contribution is 5.95. The monoisotopic (exact) mass is 500 g/mol. The van der Waals surface area contributed by atoms with Gasteiger partial charge in [0.1, 0.15) is 11.5 Å². The van der Waals surface area contributed by atoms with E-state index in [-0.39, 0.29) is 17.5 Å². The second kappa shape index (κ2) is 9.21. The van der Waals surface area contributed by atoms with Crippen LogP contribution in [-0.4, -0.2) is 72.4 Å². The summed E-state index contributed by atoms with van der Waals surface area (Å²) in [5.74, 6) is 1.70. The summed E-state index contributed by atoms with van der Waals surface area (Å²) in [7, 11) is 3.37. The number of amides is 2. The van der Waals surface area contributed by atoms with E-state index in [1.807, 2.05) is 11.0 Å². The van der Waals surface area contributed by atoms with Gasteiger partial charge in [0.25, 0.3) is 0 Å². The van der Waals surface area contributed by atoms with Crippen molar-refractivity contribution in [2.45, 2.75) is 51.1 Å². The van der Waals surface area contributed by atoms with Gasteiger partial charge in [-0.25, -0.2) is 4.79 Å². The second-order valence-electron chi connectivity index (χ2n) is 10.6. The Kier molecular flexibility index (Phi) is 5.98. The van der Waals surface area contributed by atoms with Crippen LogP contribution < -0.4 is 9.47 Å². The van der Waals surface area contributed by atoms with Crippen molar-refractivity contribution in [3.05, 3.63) is 64.9 Å². The van der Waals surface area contributed by atoms with Gasteiger partial charge in [0.05, 0.1) is 32.0 Å². The summed E-state index contributed by atoms with van der Waals surface area (Å²) in [6.45, 7) is 8.35. The number of methoxy groups -OCH3 is 2. The smallest absolute Gasteiger partial charge is 0.325 e. The highest BCUT2D eigenvalue weighted by Crippen LogP contribution is 2.49. The Morgan fingerprint density at radius 1 is 1.08 bits per heavy atom. The molecule has 194 valence electrons. The van der Waals surface area contributed by atoms with Crippen LogP contribution in [0.2, 0.25) is 0 Å². The third kappa shape index (κ3) is 3.82. The molecule has 0 radical (unpaired) electrons. The van der Waals surface area contributed by atoms with Crippen molar-refractivity contribution in [2.75, 3.05) is 40.4 Å². The van der Waals surface area contributed by atoms with Crippen LogP contribution in [0.4, 0.5) is 10.5 Å². The van der Waals surface area contributed by atoms with Crippen LogP contribution in [0.15, 0.2) is 53.2 Å². The number of hydrogen-bond donors (Lipinski definition) is 0. The minimum absolute atomic E-state index is 0.111. The summed E-state index contributed by atoms with van der Waals surface area (Å²) in [6, 6.07) is 12.6. The number of nitrogens with zero attached hydrogens (tertiary/aromatic N) is 4. The van der Waals surface area contributed by atoms with Crippen LogP contribution in [0.5, 0.6) is 11.5 Å². The maximum Gasteiger partial charge on any atom is 0.325 e. The lowest BCUT2D eigenvalue weighted by Crippen LogP contribution is -2.54. The lowest BCUT2D eigenvalue weighted by molar-refractivity contribution is 0.0995. The summed E-state index contributed by atoms with van der Waals surface area (Å²) in [6.07, 6.45) is 5.12. The van der Waals surface area contributed by atoms with Crippen molar-refractivity contribution in [3.8, 4) is 11.5 Å². The van der Waals surface area contributed by atoms with Gasteiger partial charge in [0.2, 0.25) is 0 Å². The van der Waals surface area contributed by atoms with Crippen LogP contribution in [0.3, 0.4) is 0 Å². The maximum atomic E-state index is 13.8. The molecule has 0 aliphatic carbocycles. The number of allylic oxidation sites excluding steroid dienone is 1. The third-order valence-electron chi connectivity index (χ3n) is 8.66. The van der Waals surface area contributed by atoms with E-state index in [0.717, 1.165) is 72.9 Å². The molecule has 0 N–H and O–H groups in total. The number of fused-ring (bicyclic) bond motifs is 4. The third-order valence-corrected chi connectivity index (χ3v) is 8.66. The van der Waals surface area contributed by atoms with E-state index >= 15 is 0 Å². The van der Waals surface area contributed by atoms with Gasteiger partial charge in [-0.3, -0.25) is 14.8 Å². The van der Waals surface area contributed by atoms with Crippen LogP contribution >= 0.6 is 0 Å². The zero-order valence-electron chi connectivity index (χ0n) is 22.3. The largest absolute Gasteiger partial charge is 0.497 e. The normalized spacial score (nSPS) is 22.3. The molecule has 7 nitrogen and oxygen atoms in total. The van der Waals surface area contributed by atoms with E-state index < -0.39 is 0 Å². The number of ether oxygens (including phenoxy) is 2. The average molecular weight is 501 g/mol. The zero-order valence-corrected chi connectivity index (χ0v) is 22.3. The van der Waals surface area contributed by atoms with Crippen LogP contribution in [0.25, 0.3) is 0 Å². The standard InChI is InChI=1S/C30H36N4O3/c1-5-34-29(35)33-18-22-16-24(36-3)17-26(37-4)28(22)20(2)14-27(33)30(34)10-12-32(13-11-30)19-23-15-21-8-6-7-9-25(21)31-23/h6-9,14,16-17,20H,5,10-13,15,18-19H2,1-4H3/t20-/m0/s1. The predicted octanol–water partition coefficient (Wildman–Crippen LogP) is 5.13. The van der Waals surface area contributed by atoms with Gasteiger partial charge in [0, 0.05) is 61.6 Å². The molecule has 0 saturated carbocycles. The van der Waals surface area contributed by atoms with Crippen LogP contribution in [0.1, 0.15) is 49.3 Å². The summed E-state index contributed by atoms with van der Waals surface area (Å²) in [5.41, 5.74) is 6.81. The van der Waals surface area contributed by atoms with E-state index in [9.17, 15) is 4.79 Å². The van der Waals surface area contributed by atoms with Crippen molar-refractivity contribution in [2.24, 2.45) is 4.99 Å². The highest BCUT2D eigenvalue weighted by atomic mass is 16.5. The number of para-hydroxylation sites is 1. The Labute approximate surface area is 219 Å². The predicted molar refractivity (Wildman–Crippen MR) is 145 cm³/mol. The SMILES string of the molecule is CCN1C(=O)N2Cc3cc(OC)cc(OC)c3[C@@H](C)C=C2C12CCN(CC1=Nc3ccccc3C1)CC2. The molecule has 2 fully saturated rings. The molecule has 7 heteroatoms. The van der Waals surface area contributed by atoms with Crippen molar-refractivity contribution in [1.82, 2.24) is 14.7 Å². The Hall–Kier alpha value is -3.32. The van der Waals surface area contributed by atoms with Crippen LogP contribution in [-0.2, 0) is 13.0 Å². The number of carbonyl (C=O) groups excluding carboxylic acids is 1. The summed E-state index contributed by atoms with van der Waals surface area (Å²) >= 11 is 0. The molecule has 0 unspecified atom stereocenters. The molecule has 4 heterocycles. The highest BCUT2D eigenvalue weighted by Gasteiger charge is 2.54. The molecule has 0 bridgehead atoms. The molecule has 1 spiro atoms. The van der Waals surface area contributed by atoms with E-state index in [0.29, 0.717) is 13.1 Å². The van der Waals surface area contributed by atoms with Crippen LogP contribution in [0, 0.1) is 0 Å². The number of hydrogen-bond acceptors (Lipinski definition) is 5. The molecular weight excluding hydrogens is 464 g/mol. The zero-order chi connectivity index (χ0) is 25.7. The van der Waals surface area contributed by atoms with Crippen molar-refractivity contribution in [1.29, 1.82) is 0 Å². The number of rotatable bonds is 5. The summed E-state index contributed by atoms with van der Waals surface area (Å²) in [4.78, 5) is 25.4.